The van der Waals surface area contributed by atoms with Crippen molar-refractivity contribution >= 4 is 11.0 Å². The van der Waals surface area contributed by atoms with Gasteiger partial charge in [0.05, 0.1) is 23.7 Å². The van der Waals surface area contributed by atoms with Crippen molar-refractivity contribution in [2.24, 2.45) is 0 Å². The molecule has 0 aliphatic rings. The molecule has 1 aromatic heterocycles. The van der Waals surface area contributed by atoms with Crippen molar-refractivity contribution < 1.29 is 9.84 Å². The maximum Gasteiger partial charge on any atom is 0.148 e. The van der Waals surface area contributed by atoms with Gasteiger partial charge in [0.15, 0.2) is 0 Å². The second kappa shape index (κ2) is 7.47. The van der Waals surface area contributed by atoms with E-state index in [9.17, 15) is 5.11 Å². The molecule has 0 saturated heterocycles. The smallest absolute Gasteiger partial charge is 0.148 e. The van der Waals surface area contributed by atoms with Gasteiger partial charge >= 0.3 is 0 Å². The molecule has 0 aliphatic carbocycles. The zero-order chi connectivity index (χ0) is 16.9. The molecule has 2 aromatic carbocycles. The molecule has 1 atom stereocenters. The number of rotatable bonds is 7. The molecule has 0 radical (unpaired) electrons. The molecular weight excluding hydrogens is 302 g/mol. The van der Waals surface area contributed by atoms with Crippen LogP contribution in [0.15, 0.2) is 54.6 Å². The third-order valence-electron chi connectivity index (χ3n) is 3.81. The maximum atomic E-state index is 10.3. The van der Waals surface area contributed by atoms with Crippen LogP contribution in [0.3, 0.4) is 0 Å². The molecule has 0 unspecified atom stereocenters. The van der Waals surface area contributed by atoms with Crippen LogP contribution < -0.4 is 4.74 Å². The highest BCUT2D eigenvalue weighted by Gasteiger charge is 2.15. The largest absolute Gasteiger partial charge is 0.486 e. The number of fused-ring (bicyclic) bond motifs is 1. The molecule has 1 heterocycles. The topological polar surface area (TPSA) is 50.5 Å². The Balaban J connectivity index is 1.84. The molecule has 126 valence electrons. The van der Waals surface area contributed by atoms with Gasteiger partial charge in [0.2, 0.25) is 0 Å². The Labute approximate surface area is 142 Å². The second-order valence-corrected chi connectivity index (χ2v) is 6.15. The number of imidazole rings is 1. The van der Waals surface area contributed by atoms with E-state index in [-0.39, 0.29) is 0 Å². The van der Waals surface area contributed by atoms with Crippen LogP contribution >= 0.6 is 0 Å². The highest BCUT2D eigenvalue weighted by Crippen LogP contribution is 2.19. The third-order valence-corrected chi connectivity index (χ3v) is 3.81. The first-order valence-electron chi connectivity index (χ1n) is 8.08. The SMILES string of the molecule is CN(C)C[C@@H](O)Cn1c(COc2ccccc2)nc2ccccc21. The van der Waals surface area contributed by atoms with Crippen molar-refractivity contribution in [3.63, 3.8) is 0 Å². The number of likely N-dealkylation sites (N-methyl/N-ethyl adjacent to an activating group) is 1. The fourth-order valence-electron chi connectivity index (χ4n) is 2.79. The van der Waals surface area contributed by atoms with Gasteiger partial charge in [-0.05, 0) is 38.4 Å². The van der Waals surface area contributed by atoms with E-state index >= 15 is 0 Å². The molecule has 0 aliphatic heterocycles. The number of hydrogen-bond acceptors (Lipinski definition) is 4. The standard InChI is InChI=1S/C19H23N3O2/c1-21(2)12-15(23)13-22-18-11-7-6-10-17(18)20-19(22)14-24-16-8-4-3-5-9-16/h3-11,15,23H,12-14H2,1-2H3/t15-/m1/s1. The Bertz CT molecular complexity index is 784. The third kappa shape index (κ3) is 3.93. The number of nitrogens with zero attached hydrogens (tertiary/aromatic N) is 3. The van der Waals surface area contributed by atoms with Gasteiger partial charge in [-0.1, -0.05) is 30.3 Å². The predicted molar refractivity (Wildman–Crippen MR) is 95.1 cm³/mol. The van der Waals surface area contributed by atoms with Crippen LogP contribution in [0.5, 0.6) is 5.75 Å². The summed E-state index contributed by atoms with van der Waals surface area (Å²) >= 11 is 0. The molecule has 24 heavy (non-hydrogen) atoms. The van der Waals surface area contributed by atoms with Crippen LogP contribution in [0, 0.1) is 0 Å². The summed E-state index contributed by atoms with van der Waals surface area (Å²) in [6.45, 7) is 1.46. The minimum atomic E-state index is -0.465. The summed E-state index contributed by atoms with van der Waals surface area (Å²) in [7, 11) is 3.91. The highest BCUT2D eigenvalue weighted by atomic mass is 16.5. The lowest BCUT2D eigenvalue weighted by atomic mass is 10.3. The fourth-order valence-corrected chi connectivity index (χ4v) is 2.79. The van der Waals surface area contributed by atoms with Crippen LogP contribution in [-0.2, 0) is 13.2 Å². The van der Waals surface area contributed by atoms with E-state index in [1.807, 2.05) is 78.2 Å². The number of hydrogen-bond donors (Lipinski definition) is 1. The molecule has 0 spiro atoms. The first-order valence-corrected chi connectivity index (χ1v) is 8.08. The Morgan fingerprint density at radius 2 is 1.79 bits per heavy atom. The van der Waals surface area contributed by atoms with E-state index < -0.39 is 6.10 Å². The molecule has 1 N–H and O–H groups in total. The van der Waals surface area contributed by atoms with Crippen molar-refractivity contribution in [1.82, 2.24) is 14.5 Å². The summed E-state index contributed by atoms with van der Waals surface area (Å²) in [6, 6.07) is 17.7. The zero-order valence-electron chi connectivity index (χ0n) is 14.1. The van der Waals surface area contributed by atoms with Gasteiger partial charge in [-0.3, -0.25) is 0 Å². The monoisotopic (exact) mass is 325 g/mol. The van der Waals surface area contributed by atoms with E-state index in [4.69, 9.17) is 4.74 Å². The summed E-state index contributed by atoms with van der Waals surface area (Å²) in [5.74, 6) is 1.63. The van der Waals surface area contributed by atoms with Crippen molar-refractivity contribution in [3.05, 3.63) is 60.4 Å². The first-order chi connectivity index (χ1) is 11.6. The number of para-hydroxylation sites is 3. The molecule has 0 amide bonds. The van der Waals surface area contributed by atoms with Crippen molar-refractivity contribution in [2.75, 3.05) is 20.6 Å². The maximum absolute atomic E-state index is 10.3. The summed E-state index contributed by atoms with van der Waals surface area (Å²) in [5.41, 5.74) is 1.93. The lowest BCUT2D eigenvalue weighted by Gasteiger charge is -2.18. The van der Waals surface area contributed by atoms with Gasteiger partial charge in [-0.2, -0.15) is 0 Å². The van der Waals surface area contributed by atoms with E-state index in [1.165, 1.54) is 0 Å². The number of aliphatic hydroxyl groups is 1. The molecule has 3 rings (SSSR count). The van der Waals surface area contributed by atoms with Gasteiger partial charge in [0.25, 0.3) is 0 Å². The first kappa shape index (κ1) is 16.5. The van der Waals surface area contributed by atoms with Crippen LogP contribution in [0.25, 0.3) is 11.0 Å². The van der Waals surface area contributed by atoms with Gasteiger partial charge < -0.3 is 19.3 Å². The normalized spacial score (nSPS) is 12.7. The zero-order valence-corrected chi connectivity index (χ0v) is 14.1. The molecule has 0 saturated carbocycles. The fraction of sp³-hybridized carbons (Fsp3) is 0.316. The lowest BCUT2D eigenvalue weighted by Crippen LogP contribution is -2.30. The van der Waals surface area contributed by atoms with Gasteiger partial charge in [-0.25, -0.2) is 4.98 Å². The van der Waals surface area contributed by atoms with E-state index in [2.05, 4.69) is 4.98 Å². The minimum Gasteiger partial charge on any atom is -0.486 e. The van der Waals surface area contributed by atoms with Crippen molar-refractivity contribution in [1.29, 1.82) is 0 Å². The van der Waals surface area contributed by atoms with E-state index in [1.54, 1.807) is 0 Å². The Hall–Kier alpha value is -2.37. The highest BCUT2D eigenvalue weighted by molar-refractivity contribution is 5.75. The molecule has 0 fully saturated rings. The molecule has 5 nitrogen and oxygen atoms in total. The minimum absolute atomic E-state index is 0.368. The van der Waals surface area contributed by atoms with Crippen molar-refractivity contribution in [2.45, 2.75) is 19.3 Å². The molecular formula is C19H23N3O2. The quantitative estimate of drug-likeness (QED) is 0.725. The number of aliphatic hydroxyl groups excluding tert-OH is 1. The summed E-state index contributed by atoms with van der Waals surface area (Å²) in [6.07, 6.45) is -0.465. The molecule has 3 aromatic rings. The summed E-state index contributed by atoms with van der Waals surface area (Å²) in [5, 5.41) is 10.3. The average Bonchev–Trinajstić information content (AvgIpc) is 2.91. The molecule has 5 heteroatoms. The van der Waals surface area contributed by atoms with Gasteiger partial charge in [0, 0.05) is 6.54 Å². The number of aromatic nitrogens is 2. The van der Waals surface area contributed by atoms with Gasteiger partial charge in [0.1, 0.15) is 18.2 Å². The van der Waals surface area contributed by atoms with Crippen LogP contribution in [0.2, 0.25) is 0 Å². The summed E-state index contributed by atoms with van der Waals surface area (Å²) < 4.78 is 7.90. The van der Waals surface area contributed by atoms with Crippen LogP contribution in [0.4, 0.5) is 0 Å². The number of benzene rings is 2. The van der Waals surface area contributed by atoms with E-state index in [0.29, 0.717) is 19.7 Å². The average molecular weight is 325 g/mol. The lowest BCUT2D eigenvalue weighted by molar-refractivity contribution is 0.118. The Morgan fingerprint density at radius 3 is 2.54 bits per heavy atom. The Kier molecular flexibility index (Phi) is 5.13. The van der Waals surface area contributed by atoms with E-state index in [0.717, 1.165) is 22.6 Å². The summed E-state index contributed by atoms with van der Waals surface area (Å²) in [4.78, 5) is 6.65. The second-order valence-electron chi connectivity index (χ2n) is 6.15. The van der Waals surface area contributed by atoms with Crippen LogP contribution in [0.1, 0.15) is 5.82 Å². The molecule has 0 bridgehead atoms. The van der Waals surface area contributed by atoms with Crippen LogP contribution in [-0.4, -0.2) is 46.3 Å². The number of ether oxygens (including phenoxy) is 1. The Morgan fingerprint density at radius 1 is 1.08 bits per heavy atom. The predicted octanol–water partition coefficient (Wildman–Crippen LogP) is 2.54. The van der Waals surface area contributed by atoms with Crippen molar-refractivity contribution in [3.8, 4) is 5.75 Å². The van der Waals surface area contributed by atoms with Gasteiger partial charge in [-0.15, -0.1) is 0 Å².